The predicted octanol–water partition coefficient (Wildman–Crippen LogP) is 1.91. The third-order valence-electron chi connectivity index (χ3n) is 4.53. The molecule has 1 aliphatic rings. The van der Waals surface area contributed by atoms with Gasteiger partial charge in [-0.1, -0.05) is 0 Å². The Labute approximate surface area is 167 Å². The molecule has 0 bridgehead atoms. The number of aryl methyl sites for hydroxylation is 2. The molecule has 8 nitrogen and oxygen atoms in total. The fraction of sp³-hybridized carbons (Fsp3) is 0.632. The van der Waals surface area contributed by atoms with Gasteiger partial charge in [0.05, 0.1) is 24.7 Å². The van der Waals surface area contributed by atoms with E-state index in [9.17, 15) is 18.3 Å². The van der Waals surface area contributed by atoms with E-state index in [0.717, 1.165) is 0 Å². The summed E-state index contributed by atoms with van der Waals surface area (Å²) in [6.45, 7) is 8.68. The molecule has 158 valence electrons. The molecular weight excluding hydrogens is 384 g/mol. The lowest BCUT2D eigenvalue weighted by Crippen LogP contribution is -2.58. The molecule has 1 aromatic rings. The third kappa shape index (κ3) is 4.76. The normalized spacial score (nSPS) is 18.8. The molecule has 2 rings (SSSR count). The van der Waals surface area contributed by atoms with Gasteiger partial charge in [0.25, 0.3) is 0 Å². The summed E-state index contributed by atoms with van der Waals surface area (Å²) in [5.74, 6) is 0.586. The van der Waals surface area contributed by atoms with Gasteiger partial charge in [0, 0.05) is 19.6 Å². The number of aliphatic hydroxyl groups excluding tert-OH is 1. The molecule has 0 radical (unpaired) electrons. The monoisotopic (exact) mass is 414 g/mol. The first-order valence-electron chi connectivity index (χ1n) is 9.16. The number of methoxy groups -OCH3 is 1. The van der Waals surface area contributed by atoms with Crippen LogP contribution >= 0.6 is 0 Å². The van der Waals surface area contributed by atoms with E-state index in [4.69, 9.17) is 9.47 Å². The van der Waals surface area contributed by atoms with Crippen LogP contribution in [-0.4, -0.2) is 73.8 Å². The van der Waals surface area contributed by atoms with Crippen LogP contribution in [0.3, 0.4) is 0 Å². The average molecular weight is 415 g/mol. The highest BCUT2D eigenvalue weighted by molar-refractivity contribution is 7.89. The van der Waals surface area contributed by atoms with Crippen molar-refractivity contribution in [3.05, 3.63) is 23.3 Å². The summed E-state index contributed by atoms with van der Waals surface area (Å²) < 4.78 is 38.5. The van der Waals surface area contributed by atoms with Gasteiger partial charge in [-0.3, -0.25) is 0 Å². The summed E-state index contributed by atoms with van der Waals surface area (Å²) in [5, 5.41) is 9.82. The molecule has 0 spiro atoms. The van der Waals surface area contributed by atoms with Crippen LogP contribution in [-0.2, 0) is 14.8 Å². The lowest BCUT2D eigenvalue weighted by molar-refractivity contribution is 0.00881. The van der Waals surface area contributed by atoms with Crippen LogP contribution in [0.1, 0.15) is 31.9 Å². The standard InChI is InChI=1S/C19H30N2O6S/c1-13-9-16(26-6)10-14(2)17(13)28(24,25)21-8-7-20(11-15(21)12-22)18(23)27-19(3,4)5/h9-10,15,22H,7-8,11-12H2,1-6H3. The van der Waals surface area contributed by atoms with Gasteiger partial charge in [-0.2, -0.15) is 4.31 Å². The fourth-order valence-corrected chi connectivity index (χ4v) is 5.36. The number of hydrogen-bond donors (Lipinski definition) is 1. The van der Waals surface area contributed by atoms with Crippen LogP contribution in [0.25, 0.3) is 0 Å². The lowest BCUT2D eigenvalue weighted by Gasteiger charge is -2.40. The van der Waals surface area contributed by atoms with Gasteiger partial charge in [0.2, 0.25) is 10.0 Å². The minimum absolute atomic E-state index is 0.0683. The maximum absolute atomic E-state index is 13.3. The van der Waals surface area contributed by atoms with Crippen molar-refractivity contribution in [1.29, 1.82) is 0 Å². The summed E-state index contributed by atoms with van der Waals surface area (Å²) in [4.78, 5) is 14.0. The first-order valence-corrected chi connectivity index (χ1v) is 10.6. The number of sulfonamides is 1. The largest absolute Gasteiger partial charge is 0.497 e. The number of benzene rings is 1. The molecule has 1 aliphatic heterocycles. The maximum atomic E-state index is 13.3. The second kappa shape index (κ2) is 8.26. The van der Waals surface area contributed by atoms with Gasteiger partial charge < -0.3 is 19.5 Å². The number of carbonyl (C=O) groups excluding carboxylic acids is 1. The molecule has 0 aromatic heterocycles. The van der Waals surface area contributed by atoms with Gasteiger partial charge in [0.15, 0.2) is 0 Å². The van der Waals surface area contributed by atoms with Gasteiger partial charge in [-0.25, -0.2) is 13.2 Å². The molecular formula is C19H30N2O6S. The third-order valence-corrected chi connectivity index (χ3v) is 6.79. The van der Waals surface area contributed by atoms with Crippen molar-refractivity contribution in [3.63, 3.8) is 0 Å². The van der Waals surface area contributed by atoms with E-state index in [2.05, 4.69) is 0 Å². The van der Waals surface area contributed by atoms with Crippen molar-refractivity contribution in [2.75, 3.05) is 33.4 Å². The van der Waals surface area contributed by atoms with E-state index in [1.54, 1.807) is 46.8 Å². The smallest absolute Gasteiger partial charge is 0.410 e. The number of carbonyl (C=O) groups is 1. The Morgan fingerprint density at radius 2 is 1.79 bits per heavy atom. The van der Waals surface area contributed by atoms with Crippen molar-refractivity contribution < 1.29 is 27.8 Å². The van der Waals surface area contributed by atoms with Crippen LogP contribution in [0.15, 0.2) is 17.0 Å². The van der Waals surface area contributed by atoms with E-state index in [1.165, 1.54) is 16.3 Å². The van der Waals surface area contributed by atoms with Gasteiger partial charge in [-0.05, 0) is 57.9 Å². The van der Waals surface area contributed by atoms with E-state index < -0.39 is 34.4 Å². The highest BCUT2D eigenvalue weighted by Crippen LogP contribution is 2.30. The van der Waals surface area contributed by atoms with Crippen LogP contribution in [0, 0.1) is 13.8 Å². The molecule has 1 fully saturated rings. The Kier molecular flexibility index (Phi) is 6.62. The summed E-state index contributed by atoms with van der Waals surface area (Å²) >= 11 is 0. The van der Waals surface area contributed by atoms with E-state index in [-0.39, 0.29) is 24.5 Å². The number of ether oxygens (including phenoxy) is 2. The maximum Gasteiger partial charge on any atom is 0.410 e. The fourth-order valence-electron chi connectivity index (χ4n) is 3.35. The van der Waals surface area contributed by atoms with Crippen molar-refractivity contribution in [2.45, 2.75) is 51.2 Å². The number of amides is 1. The topological polar surface area (TPSA) is 96.4 Å². The van der Waals surface area contributed by atoms with Crippen molar-refractivity contribution >= 4 is 16.1 Å². The minimum atomic E-state index is -3.85. The van der Waals surface area contributed by atoms with E-state index in [1.807, 2.05) is 0 Å². The first-order chi connectivity index (χ1) is 12.9. The minimum Gasteiger partial charge on any atom is -0.497 e. The molecule has 1 atom stereocenters. The average Bonchev–Trinajstić information content (AvgIpc) is 2.58. The summed E-state index contributed by atoms with van der Waals surface area (Å²) in [6, 6.07) is 2.60. The lowest BCUT2D eigenvalue weighted by atomic mass is 10.1. The quantitative estimate of drug-likeness (QED) is 0.809. The summed E-state index contributed by atoms with van der Waals surface area (Å²) in [6.07, 6.45) is -0.514. The zero-order valence-electron chi connectivity index (χ0n) is 17.4. The Morgan fingerprint density at radius 1 is 1.21 bits per heavy atom. The molecule has 1 unspecified atom stereocenters. The molecule has 0 aliphatic carbocycles. The molecule has 0 saturated carbocycles. The zero-order valence-corrected chi connectivity index (χ0v) is 18.2. The van der Waals surface area contributed by atoms with Crippen LogP contribution < -0.4 is 4.74 Å². The molecule has 28 heavy (non-hydrogen) atoms. The molecule has 1 aromatic carbocycles. The van der Waals surface area contributed by atoms with Gasteiger partial charge in [-0.15, -0.1) is 0 Å². The first kappa shape index (κ1) is 22.4. The zero-order chi connectivity index (χ0) is 21.3. The second-order valence-corrected chi connectivity index (χ2v) is 9.80. The number of aliphatic hydroxyl groups is 1. The summed E-state index contributed by atoms with van der Waals surface area (Å²) in [7, 11) is -2.33. The Hall–Kier alpha value is -1.84. The highest BCUT2D eigenvalue weighted by Gasteiger charge is 2.39. The number of piperazine rings is 1. The van der Waals surface area contributed by atoms with Gasteiger partial charge in [0.1, 0.15) is 11.4 Å². The number of rotatable bonds is 4. The van der Waals surface area contributed by atoms with E-state index in [0.29, 0.717) is 16.9 Å². The highest BCUT2D eigenvalue weighted by atomic mass is 32.2. The van der Waals surface area contributed by atoms with Crippen molar-refractivity contribution in [3.8, 4) is 5.75 Å². The molecule has 1 N–H and O–H groups in total. The van der Waals surface area contributed by atoms with Crippen LogP contribution in [0.4, 0.5) is 4.79 Å². The van der Waals surface area contributed by atoms with Crippen LogP contribution in [0.2, 0.25) is 0 Å². The Morgan fingerprint density at radius 3 is 2.25 bits per heavy atom. The predicted molar refractivity (Wildman–Crippen MR) is 105 cm³/mol. The SMILES string of the molecule is COc1cc(C)c(S(=O)(=O)N2CCN(C(=O)OC(C)(C)C)CC2CO)c(C)c1. The molecule has 1 amide bonds. The molecule has 1 saturated heterocycles. The van der Waals surface area contributed by atoms with Gasteiger partial charge >= 0.3 is 6.09 Å². The Bertz CT molecular complexity index is 808. The number of nitrogens with zero attached hydrogens (tertiary/aromatic N) is 2. The molecule has 1 heterocycles. The van der Waals surface area contributed by atoms with E-state index >= 15 is 0 Å². The second-order valence-electron chi connectivity index (χ2n) is 7.97. The Balaban J connectivity index is 2.30. The van der Waals surface area contributed by atoms with Crippen molar-refractivity contribution in [1.82, 2.24) is 9.21 Å². The number of hydrogen-bond acceptors (Lipinski definition) is 6. The van der Waals surface area contributed by atoms with Crippen LogP contribution in [0.5, 0.6) is 5.75 Å². The molecule has 9 heteroatoms. The summed E-state index contributed by atoms with van der Waals surface area (Å²) in [5.41, 5.74) is 0.498. The van der Waals surface area contributed by atoms with Crippen molar-refractivity contribution in [2.24, 2.45) is 0 Å².